The molecule has 0 spiro atoms. The Morgan fingerprint density at radius 1 is 1.22 bits per heavy atom. The third-order valence-electron chi connectivity index (χ3n) is 3.36. The maximum atomic E-state index is 12.2. The van der Waals surface area contributed by atoms with Crippen molar-refractivity contribution in [2.75, 3.05) is 7.11 Å². The Morgan fingerprint density at radius 3 is 2.52 bits per heavy atom. The van der Waals surface area contributed by atoms with Gasteiger partial charge in [-0.1, -0.05) is 18.2 Å². The summed E-state index contributed by atoms with van der Waals surface area (Å²) in [5.74, 6) is 0.225. The van der Waals surface area contributed by atoms with Gasteiger partial charge in [0.2, 0.25) is 0 Å². The molecule has 0 aliphatic rings. The highest BCUT2D eigenvalue weighted by Crippen LogP contribution is 2.24. The van der Waals surface area contributed by atoms with Gasteiger partial charge in [0.15, 0.2) is 0 Å². The Hall–Kier alpha value is -2.05. The van der Waals surface area contributed by atoms with Crippen LogP contribution >= 0.6 is 10.7 Å². The third kappa shape index (κ3) is 4.24. The molecule has 0 saturated heterocycles. The number of ether oxygens (including phenoxy) is 1. The Balaban J connectivity index is 2.23. The van der Waals surface area contributed by atoms with Crippen LogP contribution < -0.4 is 10.1 Å². The SMILES string of the molecule is COc1ccc(S(=O)(=O)Cl)cc1CNC(=O)c1ccccc1C. The van der Waals surface area contributed by atoms with Gasteiger partial charge in [-0.25, -0.2) is 8.42 Å². The number of carbonyl (C=O) groups excluding carboxylic acids is 1. The molecule has 0 unspecified atom stereocenters. The van der Waals surface area contributed by atoms with Crippen LogP contribution in [0.4, 0.5) is 0 Å². The lowest BCUT2D eigenvalue weighted by atomic mass is 10.1. The van der Waals surface area contributed by atoms with Gasteiger partial charge in [-0.15, -0.1) is 0 Å². The molecule has 0 atom stereocenters. The number of hydrogen-bond donors (Lipinski definition) is 1. The monoisotopic (exact) mass is 353 g/mol. The van der Waals surface area contributed by atoms with Crippen molar-refractivity contribution in [3.05, 3.63) is 59.2 Å². The number of aryl methyl sites for hydroxylation is 1. The minimum atomic E-state index is -3.84. The minimum Gasteiger partial charge on any atom is -0.496 e. The zero-order chi connectivity index (χ0) is 17.0. The lowest BCUT2D eigenvalue weighted by molar-refractivity contribution is 0.0950. The Kier molecular flexibility index (Phi) is 5.28. The number of methoxy groups -OCH3 is 1. The molecule has 2 rings (SSSR count). The summed E-state index contributed by atoms with van der Waals surface area (Å²) >= 11 is 0. The molecule has 0 fully saturated rings. The van der Waals surface area contributed by atoms with Gasteiger partial charge >= 0.3 is 0 Å². The molecule has 122 valence electrons. The van der Waals surface area contributed by atoms with Crippen molar-refractivity contribution < 1.29 is 17.9 Å². The fraction of sp³-hybridized carbons (Fsp3) is 0.188. The van der Waals surface area contributed by atoms with E-state index < -0.39 is 9.05 Å². The zero-order valence-corrected chi connectivity index (χ0v) is 14.2. The zero-order valence-electron chi connectivity index (χ0n) is 12.7. The fourth-order valence-corrected chi connectivity index (χ4v) is 2.94. The van der Waals surface area contributed by atoms with Crippen LogP contribution in [0.5, 0.6) is 5.75 Å². The Bertz CT molecular complexity index is 834. The van der Waals surface area contributed by atoms with Gasteiger partial charge in [-0.2, -0.15) is 0 Å². The van der Waals surface area contributed by atoms with E-state index in [9.17, 15) is 13.2 Å². The van der Waals surface area contributed by atoms with E-state index in [0.717, 1.165) is 5.56 Å². The quantitative estimate of drug-likeness (QED) is 0.839. The standard InChI is InChI=1S/C16H16ClNO4S/c1-11-5-3-4-6-14(11)16(19)18-10-12-9-13(23(17,20)21)7-8-15(12)22-2/h3-9H,10H2,1-2H3,(H,18,19). The lowest BCUT2D eigenvalue weighted by Crippen LogP contribution is -2.24. The minimum absolute atomic E-state index is 0.0416. The van der Waals surface area contributed by atoms with E-state index in [-0.39, 0.29) is 17.3 Å². The first kappa shape index (κ1) is 17.3. The van der Waals surface area contributed by atoms with E-state index >= 15 is 0 Å². The molecule has 0 aliphatic heterocycles. The van der Waals surface area contributed by atoms with Crippen LogP contribution in [0.1, 0.15) is 21.5 Å². The highest BCUT2D eigenvalue weighted by molar-refractivity contribution is 8.13. The second-order valence-corrected chi connectivity index (χ2v) is 7.48. The van der Waals surface area contributed by atoms with E-state index in [2.05, 4.69) is 5.32 Å². The molecule has 0 saturated carbocycles. The van der Waals surface area contributed by atoms with E-state index in [4.69, 9.17) is 15.4 Å². The van der Waals surface area contributed by atoms with Crippen molar-refractivity contribution in [2.24, 2.45) is 0 Å². The molecule has 0 aromatic heterocycles. The van der Waals surface area contributed by atoms with Crippen molar-refractivity contribution >= 4 is 25.6 Å². The van der Waals surface area contributed by atoms with Crippen LogP contribution in [0.2, 0.25) is 0 Å². The second-order valence-electron chi connectivity index (χ2n) is 4.91. The van der Waals surface area contributed by atoms with E-state index in [1.54, 1.807) is 12.1 Å². The molecule has 2 aromatic carbocycles. The number of halogens is 1. The molecular weight excluding hydrogens is 338 g/mol. The van der Waals surface area contributed by atoms with Gasteiger partial charge in [0.05, 0.1) is 12.0 Å². The van der Waals surface area contributed by atoms with E-state index in [0.29, 0.717) is 16.9 Å². The number of carbonyl (C=O) groups is 1. The molecule has 0 aliphatic carbocycles. The van der Waals surface area contributed by atoms with Gasteiger partial charge in [0, 0.05) is 28.4 Å². The average Bonchev–Trinajstić information content (AvgIpc) is 2.51. The van der Waals surface area contributed by atoms with Crippen LogP contribution in [-0.2, 0) is 15.6 Å². The summed E-state index contributed by atoms with van der Waals surface area (Å²) in [5.41, 5.74) is 1.94. The fourth-order valence-electron chi connectivity index (χ4n) is 2.14. The van der Waals surface area contributed by atoms with Gasteiger partial charge < -0.3 is 10.1 Å². The van der Waals surface area contributed by atoms with Gasteiger partial charge in [0.1, 0.15) is 5.75 Å². The topological polar surface area (TPSA) is 72.5 Å². The smallest absolute Gasteiger partial charge is 0.261 e. The highest BCUT2D eigenvalue weighted by atomic mass is 35.7. The second kappa shape index (κ2) is 7.02. The molecule has 2 aromatic rings. The number of benzene rings is 2. The summed E-state index contributed by atoms with van der Waals surface area (Å²) in [6, 6.07) is 11.4. The Morgan fingerprint density at radius 2 is 1.91 bits per heavy atom. The molecule has 5 nitrogen and oxygen atoms in total. The first-order valence-corrected chi connectivity index (χ1v) is 9.09. The van der Waals surface area contributed by atoms with Crippen molar-refractivity contribution in [3.8, 4) is 5.75 Å². The van der Waals surface area contributed by atoms with Crippen molar-refractivity contribution in [1.29, 1.82) is 0 Å². The normalized spacial score (nSPS) is 11.1. The molecule has 0 heterocycles. The molecule has 0 bridgehead atoms. The number of hydrogen-bond acceptors (Lipinski definition) is 4. The van der Waals surface area contributed by atoms with Crippen molar-refractivity contribution in [2.45, 2.75) is 18.4 Å². The first-order chi connectivity index (χ1) is 10.8. The van der Waals surface area contributed by atoms with Gasteiger partial charge in [0.25, 0.3) is 15.0 Å². The summed E-state index contributed by atoms with van der Waals surface area (Å²) in [6.45, 7) is 1.97. The molecular formula is C16H16ClNO4S. The van der Waals surface area contributed by atoms with Crippen LogP contribution in [-0.4, -0.2) is 21.4 Å². The first-order valence-electron chi connectivity index (χ1n) is 6.78. The summed E-state index contributed by atoms with van der Waals surface area (Å²) in [4.78, 5) is 12.2. The van der Waals surface area contributed by atoms with Crippen molar-refractivity contribution in [3.63, 3.8) is 0 Å². The van der Waals surface area contributed by atoms with Crippen LogP contribution in [0.15, 0.2) is 47.4 Å². The van der Waals surface area contributed by atoms with Crippen LogP contribution in [0, 0.1) is 6.92 Å². The summed E-state index contributed by atoms with van der Waals surface area (Å²) < 4.78 is 28.0. The lowest BCUT2D eigenvalue weighted by Gasteiger charge is -2.12. The number of nitrogens with one attached hydrogen (secondary N) is 1. The summed E-state index contributed by atoms with van der Waals surface area (Å²) in [7, 11) is 2.97. The van der Waals surface area contributed by atoms with E-state index in [1.165, 1.54) is 25.3 Å². The third-order valence-corrected chi connectivity index (χ3v) is 4.71. The molecule has 0 radical (unpaired) electrons. The molecule has 1 amide bonds. The largest absolute Gasteiger partial charge is 0.496 e. The maximum absolute atomic E-state index is 12.2. The predicted octanol–water partition coefficient (Wildman–Crippen LogP) is 2.86. The Labute approximate surface area is 139 Å². The van der Waals surface area contributed by atoms with Crippen LogP contribution in [0.25, 0.3) is 0 Å². The molecule has 23 heavy (non-hydrogen) atoms. The predicted molar refractivity (Wildman–Crippen MR) is 88.4 cm³/mol. The average molecular weight is 354 g/mol. The molecule has 1 N–H and O–H groups in total. The van der Waals surface area contributed by atoms with Crippen LogP contribution in [0.3, 0.4) is 0 Å². The number of amides is 1. The highest BCUT2D eigenvalue weighted by Gasteiger charge is 2.15. The molecule has 7 heteroatoms. The summed E-state index contributed by atoms with van der Waals surface area (Å²) in [5, 5.41) is 2.75. The van der Waals surface area contributed by atoms with Gasteiger partial charge in [-0.3, -0.25) is 4.79 Å². The van der Waals surface area contributed by atoms with E-state index in [1.807, 2.05) is 19.1 Å². The van der Waals surface area contributed by atoms with Crippen molar-refractivity contribution in [1.82, 2.24) is 5.32 Å². The maximum Gasteiger partial charge on any atom is 0.261 e. The van der Waals surface area contributed by atoms with Gasteiger partial charge in [-0.05, 0) is 36.8 Å². The number of rotatable bonds is 5. The summed E-state index contributed by atoms with van der Waals surface area (Å²) in [6.07, 6.45) is 0.